The third kappa shape index (κ3) is 3.27. The van der Waals surface area contributed by atoms with E-state index < -0.39 is 0 Å². The van der Waals surface area contributed by atoms with Crippen molar-refractivity contribution >= 4 is 21.7 Å². The molecule has 0 aliphatic rings. The summed E-state index contributed by atoms with van der Waals surface area (Å²) in [6, 6.07) is 23.5. The average Bonchev–Trinajstić information content (AvgIpc) is 2.79. The maximum Gasteiger partial charge on any atom is 0.274 e. The number of para-hydroxylation sites is 1. The van der Waals surface area contributed by atoms with Gasteiger partial charge in [0.2, 0.25) is 0 Å². The summed E-state index contributed by atoms with van der Waals surface area (Å²) in [5, 5.41) is 7.29. The molecular formula is C24H18N4O. The third-order valence-corrected chi connectivity index (χ3v) is 5.04. The fraction of sp³-hybridized carbons (Fsp3) is 0.0833. The summed E-state index contributed by atoms with van der Waals surface area (Å²) in [6.07, 6.45) is 4.13. The van der Waals surface area contributed by atoms with E-state index in [0.29, 0.717) is 18.4 Å². The van der Waals surface area contributed by atoms with Crippen LogP contribution in [0.5, 0.6) is 0 Å². The van der Waals surface area contributed by atoms with E-state index in [1.807, 2.05) is 66.7 Å². The number of nitrogens with zero attached hydrogens (tertiary/aromatic N) is 4. The van der Waals surface area contributed by atoms with Gasteiger partial charge in [-0.2, -0.15) is 5.10 Å². The predicted molar refractivity (Wildman–Crippen MR) is 115 cm³/mol. The Kier molecular flexibility index (Phi) is 4.33. The standard InChI is InChI=1S/C24H18N4O/c29-24-21-9-3-2-8-20(21)23(18-7-5-14-25-16-18)27-28(24)15-13-19-12-11-17-6-1-4-10-22(17)26-19/h1-12,14,16H,13,15H2. The Morgan fingerprint density at radius 3 is 2.52 bits per heavy atom. The first-order valence-electron chi connectivity index (χ1n) is 9.54. The minimum Gasteiger partial charge on any atom is -0.267 e. The molecule has 2 aromatic carbocycles. The number of fused-ring (bicyclic) bond motifs is 2. The van der Waals surface area contributed by atoms with Crippen molar-refractivity contribution in [2.45, 2.75) is 13.0 Å². The molecular weight excluding hydrogens is 360 g/mol. The van der Waals surface area contributed by atoms with Gasteiger partial charge in [0, 0.05) is 40.8 Å². The fourth-order valence-corrected chi connectivity index (χ4v) is 3.57. The van der Waals surface area contributed by atoms with E-state index in [4.69, 9.17) is 4.98 Å². The molecule has 0 radical (unpaired) electrons. The summed E-state index contributed by atoms with van der Waals surface area (Å²) in [5.41, 5.74) is 3.46. The molecule has 0 aliphatic heterocycles. The van der Waals surface area contributed by atoms with Crippen molar-refractivity contribution in [3.8, 4) is 11.3 Å². The molecule has 0 unspecified atom stereocenters. The number of pyridine rings is 2. The molecule has 0 fully saturated rings. The molecule has 0 spiro atoms. The van der Waals surface area contributed by atoms with Crippen molar-refractivity contribution in [1.29, 1.82) is 0 Å². The van der Waals surface area contributed by atoms with Crippen LogP contribution in [0.25, 0.3) is 32.9 Å². The van der Waals surface area contributed by atoms with Crippen LogP contribution in [0.4, 0.5) is 0 Å². The summed E-state index contributed by atoms with van der Waals surface area (Å²) >= 11 is 0. The van der Waals surface area contributed by atoms with Crippen LogP contribution in [0.1, 0.15) is 5.69 Å². The van der Waals surface area contributed by atoms with Crippen LogP contribution in [0.15, 0.2) is 90.0 Å². The highest BCUT2D eigenvalue weighted by Crippen LogP contribution is 2.23. The second-order valence-corrected chi connectivity index (χ2v) is 6.91. The Hall–Kier alpha value is -3.86. The summed E-state index contributed by atoms with van der Waals surface area (Å²) < 4.78 is 1.54. The molecule has 3 aromatic heterocycles. The lowest BCUT2D eigenvalue weighted by Gasteiger charge is -2.11. The summed E-state index contributed by atoms with van der Waals surface area (Å²) in [4.78, 5) is 21.9. The van der Waals surface area contributed by atoms with Gasteiger partial charge in [-0.05, 0) is 30.3 Å². The maximum atomic E-state index is 13.0. The number of benzene rings is 2. The lowest BCUT2D eigenvalue weighted by Crippen LogP contribution is -2.25. The maximum absolute atomic E-state index is 13.0. The Morgan fingerprint density at radius 2 is 1.66 bits per heavy atom. The van der Waals surface area contributed by atoms with Crippen LogP contribution >= 0.6 is 0 Å². The van der Waals surface area contributed by atoms with Crippen LogP contribution in [0.2, 0.25) is 0 Å². The number of aromatic nitrogens is 4. The molecule has 0 saturated carbocycles. The number of aryl methyl sites for hydroxylation is 2. The normalized spacial score (nSPS) is 11.2. The summed E-state index contributed by atoms with van der Waals surface area (Å²) in [7, 11) is 0. The minimum atomic E-state index is -0.0889. The van der Waals surface area contributed by atoms with Gasteiger partial charge in [-0.3, -0.25) is 14.8 Å². The van der Waals surface area contributed by atoms with Crippen molar-refractivity contribution < 1.29 is 0 Å². The van der Waals surface area contributed by atoms with E-state index >= 15 is 0 Å². The van der Waals surface area contributed by atoms with Crippen molar-refractivity contribution in [3.63, 3.8) is 0 Å². The molecule has 0 aliphatic carbocycles. The van der Waals surface area contributed by atoms with E-state index in [0.717, 1.165) is 33.2 Å². The summed E-state index contributed by atoms with van der Waals surface area (Å²) in [6.45, 7) is 0.461. The van der Waals surface area contributed by atoms with Crippen LogP contribution in [-0.4, -0.2) is 19.7 Å². The van der Waals surface area contributed by atoms with Gasteiger partial charge < -0.3 is 0 Å². The zero-order chi connectivity index (χ0) is 19.6. The molecule has 5 rings (SSSR count). The minimum absolute atomic E-state index is 0.0889. The molecule has 0 amide bonds. The predicted octanol–water partition coefficient (Wildman–Crippen LogP) is 4.25. The van der Waals surface area contributed by atoms with E-state index in [9.17, 15) is 4.79 Å². The van der Waals surface area contributed by atoms with Gasteiger partial charge in [-0.25, -0.2) is 4.68 Å². The van der Waals surface area contributed by atoms with Gasteiger partial charge >= 0.3 is 0 Å². The van der Waals surface area contributed by atoms with E-state index in [-0.39, 0.29) is 5.56 Å². The Bertz CT molecular complexity index is 1380. The number of hydrogen-bond acceptors (Lipinski definition) is 4. The molecule has 0 N–H and O–H groups in total. The third-order valence-electron chi connectivity index (χ3n) is 5.04. The highest BCUT2D eigenvalue weighted by Gasteiger charge is 2.12. The second kappa shape index (κ2) is 7.28. The highest BCUT2D eigenvalue weighted by atomic mass is 16.1. The largest absolute Gasteiger partial charge is 0.274 e. The van der Waals surface area contributed by atoms with E-state index in [2.05, 4.69) is 16.1 Å². The van der Waals surface area contributed by atoms with Crippen molar-refractivity contribution in [2.24, 2.45) is 0 Å². The van der Waals surface area contributed by atoms with Crippen molar-refractivity contribution in [1.82, 2.24) is 19.7 Å². The number of rotatable bonds is 4. The van der Waals surface area contributed by atoms with Gasteiger partial charge in [-0.1, -0.05) is 42.5 Å². The van der Waals surface area contributed by atoms with Gasteiger partial charge in [0.05, 0.1) is 17.4 Å². The Morgan fingerprint density at radius 1 is 0.828 bits per heavy atom. The van der Waals surface area contributed by atoms with Gasteiger partial charge in [-0.15, -0.1) is 0 Å². The molecule has 3 heterocycles. The van der Waals surface area contributed by atoms with E-state index in [1.165, 1.54) is 0 Å². The summed E-state index contributed by atoms with van der Waals surface area (Å²) in [5.74, 6) is 0. The number of hydrogen-bond donors (Lipinski definition) is 0. The smallest absolute Gasteiger partial charge is 0.267 e. The molecule has 0 atom stereocenters. The second-order valence-electron chi connectivity index (χ2n) is 6.91. The first-order chi connectivity index (χ1) is 14.3. The van der Waals surface area contributed by atoms with Gasteiger partial charge in [0.15, 0.2) is 0 Å². The van der Waals surface area contributed by atoms with Crippen molar-refractivity contribution in [2.75, 3.05) is 0 Å². The molecule has 5 heteroatoms. The molecule has 5 aromatic rings. The van der Waals surface area contributed by atoms with Gasteiger partial charge in [0.1, 0.15) is 5.69 Å². The molecule has 0 bridgehead atoms. The Balaban J connectivity index is 1.55. The molecule has 29 heavy (non-hydrogen) atoms. The highest BCUT2D eigenvalue weighted by molar-refractivity contribution is 5.93. The lowest BCUT2D eigenvalue weighted by atomic mass is 10.1. The first kappa shape index (κ1) is 17.3. The van der Waals surface area contributed by atoms with Crippen LogP contribution in [-0.2, 0) is 13.0 Å². The molecule has 5 nitrogen and oxygen atoms in total. The topological polar surface area (TPSA) is 60.7 Å². The molecule has 0 saturated heterocycles. The zero-order valence-electron chi connectivity index (χ0n) is 15.7. The van der Waals surface area contributed by atoms with Crippen molar-refractivity contribution in [3.05, 3.63) is 101 Å². The monoisotopic (exact) mass is 378 g/mol. The van der Waals surface area contributed by atoms with E-state index in [1.54, 1.807) is 17.1 Å². The molecule has 140 valence electrons. The lowest BCUT2D eigenvalue weighted by molar-refractivity contribution is 0.582. The Labute approximate surface area is 167 Å². The quantitative estimate of drug-likeness (QED) is 0.469. The zero-order valence-corrected chi connectivity index (χ0v) is 15.7. The van der Waals surface area contributed by atoms with Crippen LogP contribution in [0.3, 0.4) is 0 Å². The van der Waals surface area contributed by atoms with Crippen LogP contribution < -0.4 is 5.56 Å². The van der Waals surface area contributed by atoms with Crippen LogP contribution in [0, 0.1) is 0 Å². The first-order valence-corrected chi connectivity index (χ1v) is 9.54. The van der Waals surface area contributed by atoms with Gasteiger partial charge in [0.25, 0.3) is 5.56 Å². The SMILES string of the molecule is O=c1c2ccccc2c(-c2cccnc2)nn1CCc1ccc2ccccc2n1. The fourth-order valence-electron chi connectivity index (χ4n) is 3.57. The average molecular weight is 378 g/mol.